The monoisotopic (exact) mass is 231 g/mol. The highest BCUT2D eigenvalue weighted by Crippen LogP contribution is 2.34. The van der Waals surface area contributed by atoms with Gasteiger partial charge in [-0.15, -0.1) is 0 Å². The molecular weight excluding hydrogens is 218 g/mol. The Hall–Kier alpha value is -2.17. The highest BCUT2D eigenvalue weighted by molar-refractivity contribution is 6.21. The SMILES string of the molecule is N/C=C(/C(=O)O)C(=Nc1cccnc1)C1CC1. The molecule has 0 aromatic carbocycles. The lowest BCUT2D eigenvalue weighted by Crippen LogP contribution is -2.15. The molecule has 0 aliphatic heterocycles. The van der Waals surface area contributed by atoms with Crippen LogP contribution in [0.2, 0.25) is 0 Å². The molecule has 1 saturated carbocycles. The Balaban J connectivity index is 2.36. The molecule has 1 fully saturated rings. The minimum absolute atomic E-state index is 0.0800. The van der Waals surface area contributed by atoms with E-state index in [0.717, 1.165) is 19.0 Å². The molecule has 88 valence electrons. The summed E-state index contributed by atoms with van der Waals surface area (Å²) < 4.78 is 0. The van der Waals surface area contributed by atoms with Gasteiger partial charge in [0.15, 0.2) is 0 Å². The van der Waals surface area contributed by atoms with Crippen LogP contribution in [0.5, 0.6) is 0 Å². The first-order valence-corrected chi connectivity index (χ1v) is 5.36. The summed E-state index contributed by atoms with van der Waals surface area (Å²) in [5, 5.41) is 9.05. The smallest absolute Gasteiger partial charge is 0.339 e. The predicted molar refractivity (Wildman–Crippen MR) is 64.0 cm³/mol. The normalized spacial score (nSPS) is 16.9. The average Bonchev–Trinajstić information content (AvgIpc) is 3.13. The Kier molecular flexibility index (Phi) is 3.18. The number of hydrogen-bond donors (Lipinski definition) is 2. The van der Waals surface area contributed by atoms with Crippen LogP contribution in [0.15, 0.2) is 41.3 Å². The van der Waals surface area contributed by atoms with Gasteiger partial charge in [0, 0.05) is 18.3 Å². The van der Waals surface area contributed by atoms with E-state index in [1.54, 1.807) is 24.5 Å². The van der Waals surface area contributed by atoms with E-state index in [-0.39, 0.29) is 11.5 Å². The van der Waals surface area contributed by atoms with E-state index < -0.39 is 5.97 Å². The predicted octanol–water partition coefficient (Wildman–Crippen LogP) is 1.49. The van der Waals surface area contributed by atoms with Gasteiger partial charge in [0.25, 0.3) is 0 Å². The molecule has 0 atom stereocenters. The van der Waals surface area contributed by atoms with Crippen LogP contribution in [0.4, 0.5) is 5.69 Å². The first-order valence-electron chi connectivity index (χ1n) is 5.36. The van der Waals surface area contributed by atoms with Crippen molar-refractivity contribution < 1.29 is 9.90 Å². The molecule has 1 aliphatic carbocycles. The molecule has 0 unspecified atom stereocenters. The molecule has 5 heteroatoms. The second kappa shape index (κ2) is 4.78. The third-order valence-corrected chi connectivity index (χ3v) is 2.53. The van der Waals surface area contributed by atoms with Crippen molar-refractivity contribution in [3.63, 3.8) is 0 Å². The fraction of sp³-hybridized carbons (Fsp3) is 0.250. The Morgan fingerprint density at radius 3 is 2.82 bits per heavy atom. The number of rotatable bonds is 4. The maximum Gasteiger partial charge on any atom is 0.339 e. The summed E-state index contributed by atoms with van der Waals surface area (Å²) in [5.41, 5.74) is 6.63. The lowest BCUT2D eigenvalue weighted by Gasteiger charge is -2.05. The summed E-state index contributed by atoms with van der Waals surface area (Å²) in [6.07, 6.45) is 6.27. The van der Waals surface area contributed by atoms with Gasteiger partial charge >= 0.3 is 5.97 Å². The van der Waals surface area contributed by atoms with Crippen LogP contribution in [-0.4, -0.2) is 21.8 Å². The highest BCUT2D eigenvalue weighted by atomic mass is 16.4. The van der Waals surface area contributed by atoms with E-state index in [4.69, 9.17) is 10.8 Å². The summed E-state index contributed by atoms with van der Waals surface area (Å²) in [5.74, 6) is -0.830. The number of aromatic nitrogens is 1. The standard InChI is InChI=1S/C12H13N3O2/c13-6-10(12(16)17)11(8-3-4-8)15-9-2-1-5-14-7-9/h1-2,5-8H,3-4,13H2,(H,16,17)/b10-6+,15-11?. The Morgan fingerprint density at radius 2 is 2.35 bits per heavy atom. The maximum absolute atomic E-state index is 11.0. The van der Waals surface area contributed by atoms with Crippen molar-refractivity contribution in [3.8, 4) is 0 Å². The molecule has 1 aromatic heterocycles. The summed E-state index contributed by atoms with van der Waals surface area (Å²) in [7, 11) is 0. The van der Waals surface area contributed by atoms with E-state index in [9.17, 15) is 4.79 Å². The van der Waals surface area contributed by atoms with Gasteiger partial charge in [-0.25, -0.2) is 4.79 Å². The zero-order valence-electron chi connectivity index (χ0n) is 9.21. The number of pyridine rings is 1. The summed E-state index contributed by atoms with van der Waals surface area (Å²) in [6.45, 7) is 0. The van der Waals surface area contributed by atoms with Crippen LogP contribution in [0.25, 0.3) is 0 Å². The molecular formula is C12H13N3O2. The van der Waals surface area contributed by atoms with Gasteiger partial charge < -0.3 is 10.8 Å². The van der Waals surface area contributed by atoms with Crippen molar-refractivity contribution in [1.29, 1.82) is 0 Å². The Bertz CT molecular complexity index is 476. The van der Waals surface area contributed by atoms with Crippen molar-refractivity contribution in [2.24, 2.45) is 16.6 Å². The third kappa shape index (κ3) is 2.69. The quantitative estimate of drug-likeness (QED) is 0.607. The Morgan fingerprint density at radius 1 is 1.59 bits per heavy atom. The first-order chi connectivity index (χ1) is 8.22. The Labute approximate surface area is 98.7 Å². The maximum atomic E-state index is 11.0. The highest BCUT2D eigenvalue weighted by Gasteiger charge is 2.32. The third-order valence-electron chi connectivity index (χ3n) is 2.53. The zero-order valence-corrected chi connectivity index (χ0v) is 9.21. The van der Waals surface area contributed by atoms with Crippen LogP contribution < -0.4 is 5.73 Å². The van der Waals surface area contributed by atoms with Gasteiger partial charge in [-0.1, -0.05) is 0 Å². The summed E-state index contributed by atoms with van der Waals surface area (Å²) >= 11 is 0. The molecule has 0 amide bonds. The van der Waals surface area contributed by atoms with Crippen LogP contribution in [0, 0.1) is 5.92 Å². The number of hydrogen-bond acceptors (Lipinski definition) is 4. The van der Waals surface area contributed by atoms with Crippen molar-refractivity contribution in [2.75, 3.05) is 0 Å². The molecule has 0 radical (unpaired) electrons. The van der Waals surface area contributed by atoms with E-state index >= 15 is 0 Å². The molecule has 0 spiro atoms. The van der Waals surface area contributed by atoms with Gasteiger partial charge in [-0.3, -0.25) is 9.98 Å². The van der Waals surface area contributed by atoms with Crippen LogP contribution >= 0.6 is 0 Å². The molecule has 1 aromatic rings. The number of aliphatic carboxylic acids is 1. The van der Waals surface area contributed by atoms with Crippen LogP contribution in [-0.2, 0) is 4.79 Å². The van der Waals surface area contributed by atoms with Crippen molar-refractivity contribution in [2.45, 2.75) is 12.8 Å². The van der Waals surface area contributed by atoms with Gasteiger partial charge in [-0.2, -0.15) is 0 Å². The molecule has 1 heterocycles. The van der Waals surface area contributed by atoms with Crippen molar-refractivity contribution in [3.05, 3.63) is 36.3 Å². The van der Waals surface area contributed by atoms with Crippen molar-refractivity contribution >= 4 is 17.4 Å². The number of aliphatic imine (C=N–C) groups is 1. The fourth-order valence-electron chi connectivity index (χ4n) is 1.55. The van der Waals surface area contributed by atoms with Crippen LogP contribution in [0.3, 0.4) is 0 Å². The molecule has 17 heavy (non-hydrogen) atoms. The number of nitrogens with two attached hydrogens (primary N) is 1. The number of nitrogens with zero attached hydrogens (tertiary/aromatic N) is 2. The van der Waals surface area contributed by atoms with E-state index in [1.807, 2.05) is 0 Å². The van der Waals surface area contributed by atoms with E-state index in [1.165, 1.54) is 0 Å². The number of carbonyl (C=O) groups is 1. The van der Waals surface area contributed by atoms with Gasteiger partial charge in [0.2, 0.25) is 0 Å². The van der Waals surface area contributed by atoms with E-state index in [0.29, 0.717) is 11.4 Å². The number of carboxylic acid groups (broad SMARTS) is 1. The van der Waals surface area contributed by atoms with Gasteiger partial charge in [-0.05, 0) is 25.0 Å². The zero-order chi connectivity index (χ0) is 12.3. The molecule has 0 saturated heterocycles. The minimum atomic E-state index is -1.04. The van der Waals surface area contributed by atoms with Gasteiger partial charge in [0.1, 0.15) is 0 Å². The van der Waals surface area contributed by atoms with E-state index in [2.05, 4.69) is 9.98 Å². The molecule has 2 rings (SSSR count). The first kappa shape index (κ1) is 11.3. The largest absolute Gasteiger partial charge is 0.478 e. The summed E-state index contributed by atoms with van der Waals surface area (Å²) in [6, 6.07) is 3.54. The molecule has 0 bridgehead atoms. The molecule has 5 nitrogen and oxygen atoms in total. The van der Waals surface area contributed by atoms with Crippen molar-refractivity contribution in [1.82, 2.24) is 4.98 Å². The molecule has 3 N–H and O–H groups in total. The molecule has 1 aliphatic rings. The topological polar surface area (TPSA) is 88.6 Å². The summed E-state index contributed by atoms with van der Waals surface area (Å²) in [4.78, 5) is 19.3. The lowest BCUT2D eigenvalue weighted by atomic mass is 10.1. The minimum Gasteiger partial charge on any atom is -0.478 e. The second-order valence-electron chi connectivity index (χ2n) is 3.87. The average molecular weight is 231 g/mol. The number of carboxylic acids is 1. The van der Waals surface area contributed by atoms with Gasteiger partial charge in [0.05, 0.1) is 23.2 Å². The lowest BCUT2D eigenvalue weighted by molar-refractivity contribution is -0.132. The fourth-order valence-corrected chi connectivity index (χ4v) is 1.55. The second-order valence-corrected chi connectivity index (χ2v) is 3.87. The van der Waals surface area contributed by atoms with Crippen LogP contribution in [0.1, 0.15) is 12.8 Å².